The minimum absolute atomic E-state index is 0.0908. The molecule has 4 nitrogen and oxygen atoms in total. The molecule has 0 unspecified atom stereocenters. The van der Waals surface area contributed by atoms with E-state index in [1.165, 1.54) is 0 Å². The molecular formula is C9H9N3O. The first kappa shape index (κ1) is 9.39. The van der Waals surface area contributed by atoms with Gasteiger partial charge in [-0.25, -0.2) is 0 Å². The SMILES string of the molecule is N#Cc1ccc(C(=O)CNN)cc1. The van der Waals surface area contributed by atoms with E-state index in [0.29, 0.717) is 11.1 Å². The molecule has 1 aromatic rings. The topological polar surface area (TPSA) is 78.9 Å². The number of nitrogens with one attached hydrogen (secondary N) is 1. The average Bonchev–Trinajstić information content (AvgIpc) is 2.18. The predicted octanol–water partition coefficient (Wildman–Crippen LogP) is 0.204. The van der Waals surface area contributed by atoms with E-state index in [4.69, 9.17) is 11.1 Å². The Bertz CT molecular complexity index is 337. The predicted molar refractivity (Wildman–Crippen MR) is 47.7 cm³/mol. The van der Waals surface area contributed by atoms with Gasteiger partial charge in [0.05, 0.1) is 18.2 Å². The number of hydrogen-bond acceptors (Lipinski definition) is 4. The average molecular weight is 175 g/mol. The molecule has 4 heteroatoms. The van der Waals surface area contributed by atoms with Gasteiger partial charge in [-0.1, -0.05) is 12.1 Å². The molecule has 66 valence electrons. The highest BCUT2D eigenvalue weighted by Crippen LogP contribution is 2.03. The molecule has 3 N–H and O–H groups in total. The third-order valence-electron chi connectivity index (χ3n) is 1.60. The van der Waals surface area contributed by atoms with Crippen molar-refractivity contribution in [2.75, 3.05) is 6.54 Å². The molecule has 0 aliphatic carbocycles. The Morgan fingerprint density at radius 1 is 1.46 bits per heavy atom. The second-order valence-electron chi connectivity index (χ2n) is 2.49. The number of nitriles is 1. The molecule has 0 aromatic heterocycles. The van der Waals surface area contributed by atoms with Gasteiger partial charge in [0.2, 0.25) is 0 Å². The van der Waals surface area contributed by atoms with Gasteiger partial charge in [0, 0.05) is 5.56 Å². The van der Waals surface area contributed by atoms with E-state index in [9.17, 15) is 4.79 Å². The van der Waals surface area contributed by atoms with E-state index in [1.54, 1.807) is 24.3 Å². The van der Waals surface area contributed by atoms with Crippen molar-refractivity contribution >= 4 is 5.78 Å². The van der Waals surface area contributed by atoms with Crippen LogP contribution in [-0.2, 0) is 0 Å². The number of hydrogen-bond donors (Lipinski definition) is 2. The monoisotopic (exact) mass is 175 g/mol. The van der Waals surface area contributed by atoms with Crippen molar-refractivity contribution in [3.05, 3.63) is 35.4 Å². The number of benzene rings is 1. The maximum atomic E-state index is 11.2. The normalized spacial score (nSPS) is 9.23. The lowest BCUT2D eigenvalue weighted by molar-refractivity contribution is 0.0991. The summed E-state index contributed by atoms with van der Waals surface area (Å²) >= 11 is 0. The van der Waals surface area contributed by atoms with Gasteiger partial charge < -0.3 is 0 Å². The Labute approximate surface area is 75.9 Å². The summed E-state index contributed by atoms with van der Waals surface area (Å²) in [7, 11) is 0. The number of carbonyl (C=O) groups is 1. The second kappa shape index (κ2) is 4.36. The van der Waals surface area contributed by atoms with Gasteiger partial charge in [-0.15, -0.1) is 0 Å². The number of rotatable bonds is 3. The summed E-state index contributed by atoms with van der Waals surface area (Å²) in [5.41, 5.74) is 3.37. The van der Waals surface area contributed by atoms with Crippen LogP contribution in [0.4, 0.5) is 0 Å². The molecule has 0 heterocycles. The van der Waals surface area contributed by atoms with Crippen molar-refractivity contribution in [1.82, 2.24) is 5.43 Å². The third-order valence-corrected chi connectivity index (χ3v) is 1.60. The van der Waals surface area contributed by atoms with Gasteiger partial charge in [0.1, 0.15) is 0 Å². The Morgan fingerprint density at radius 3 is 2.54 bits per heavy atom. The number of nitrogens with zero attached hydrogens (tertiary/aromatic N) is 1. The Balaban J connectivity index is 2.81. The van der Waals surface area contributed by atoms with E-state index < -0.39 is 0 Å². The molecule has 0 radical (unpaired) electrons. The lowest BCUT2D eigenvalue weighted by atomic mass is 10.1. The second-order valence-corrected chi connectivity index (χ2v) is 2.49. The van der Waals surface area contributed by atoms with Gasteiger partial charge in [0.25, 0.3) is 0 Å². The molecule has 0 atom stereocenters. The summed E-state index contributed by atoms with van der Waals surface area (Å²) in [6.45, 7) is 0.103. The molecule has 1 rings (SSSR count). The highest BCUT2D eigenvalue weighted by Gasteiger charge is 2.03. The minimum atomic E-state index is -0.0908. The molecule has 0 fully saturated rings. The number of hydrazine groups is 1. The first-order valence-corrected chi connectivity index (χ1v) is 3.74. The van der Waals surface area contributed by atoms with Gasteiger partial charge in [0.15, 0.2) is 5.78 Å². The highest BCUT2D eigenvalue weighted by molar-refractivity contribution is 5.97. The number of ketones is 1. The van der Waals surface area contributed by atoms with Crippen LogP contribution in [0, 0.1) is 11.3 Å². The van der Waals surface area contributed by atoms with Gasteiger partial charge in [-0.05, 0) is 12.1 Å². The summed E-state index contributed by atoms with van der Waals surface area (Å²) in [6, 6.07) is 8.39. The zero-order valence-corrected chi connectivity index (χ0v) is 6.95. The van der Waals surface area contributed by atoms with Crippen LogP contribution in [0.25, 0.3) is 0 Å². The molecule has 0 saturated heterocycles. The smallest absolute Gasteiger partial charge is 0.177 e. The Morgan fingerprint density at radius 2 is 2.08 bits per heavy atom. The fourth-order valence-corrected chi connectivity index (χ4v) is 0.925. The summed E-state index contributed by atoms with van der Waals surface area (Å²) in [5, 5.41) is 8.50. The van der Waals surface area contributed by atoms with Gasteiger partial charge in [-0.2, -0.15) is 5.26 Å². The van der Waals surface area contributed by atoms with Crippen LogP contribution < -0.4 is 11.3 Å². The minimum Gasteiger partial charge on any atom is -0.293 e. The summed E-state index contributed by atoms with van der Waals surface area (Å²) in [5.74, 6) is 4.91. The fraction of sp³-hybridized carbons (Fsp3) is 0.111. The largest absolute Gasteiger partial charge is 0.293 e. The molecule has 0 saturated carbocycles. The molecule has 0 aliphatic heterocycles. The van der Waals surface area contributed by atoms with Crippen LogP contribution in [0.2, 0.25) is 0 Å². The third kappa shape index (κ3) is 2.37. The van der Waals surface area contributed by atoms with Crippen LogP contribution >= 0.6 is 0 Å². The van der Waals surface area contributed by atoms with Crippen LogP contribution in [0.15, 0.2) is 24.3 Å². The number of nitrogens with two attached hydrogens (primary N) is 1. The zero-order valence-electron chi connectivity index (χ0n) is 6.95. The molecule has 13 heavy (non-hydrogen) atoms. The zero-order chi connectivity index (χ0) is 9.68. The Kier molecular flexibility index (Phi) is 3.15. The molecule has 0 spiro atoms. The standard InChI is InChI=1S/C9H9N3O/c10-5-7-1-3-8(4-2-7)9(13)6-12-11/h1-4,12H,6,11H2. The molecule has 0 amide bonds. The van der Waals surface area contributed by atoms with Crippen molar-refractivity contribution in [3.63, 3.8) is 0 Å². The molecule has 0 bridgehead atoms. The quantitative estimate of drug-likeness (QED) is 0.391. The number of Topliss-reactive ketones (excluding diaryl/α,β-unsaturated/α-hetero) is 1. The van der Waals surface area contributed by atoms with E-state index in [1.807, 2.05) is 6.07 Å². The lowest BCUT2D eigenvalue weighted by Crippen LogP contribution is -2.28. The molecule has 1 aromatic carbocycles. The first-order chi connectivity index (χ1) is 6.27. The summed E-state index contributed by atoms with van der Waals surface area (Å²) in [6.07, 6.45) is 0. The molecule has 0 aliphatic rings. The van der Waals surface area contributed by atoms with Crippen LogP contribution in [0.5, 0.6) is 0 Å². The lowest BCUT2D eigenvalue weighted by Gasteiger charge is -1.98. The summed E-state index contributed by atoms with van der Waals surface area (Å²) < 4.78 is 0. The fourth-order valence-electron chi connectivity index (χ4n) is 0.925. The maximum Gasteiger partial charge on any atom is 0.177 e. The van der Waals surface area contributed by atoms with Gasteiger partial charge in [-0.3, -0.25) is 16.1 Å². The van der Waals surface area contributed by atoms with Crippen molar-refractivity contribution < 1.29 is 4.79 Å². The number of carbonyl (C=O) groups excluding carboxylic acids is 1. The van der Waals surface area contributed by atoms with Crippen LogP contribution in [0.1, 0.15) is 15.9 Å². The molecular weight excluding hydrogens is 166 g/mol. The maximum absolute atomic E-state index is 11.2. The first-order valence-electron chi connectivity index (χ1n) is 3.74. The highest BCUT2D eigenvalue weighted by atomic mass is 16.1. The van der Waals surface area contributed by atoms with E-state index in [-0.39, 0.29) is 12.3 Å². The van der Waals surface area contributed by atoms with Crippen LogP contribution in [0.3, 0.4) is 0 Å². The van der Waals surface area contributed by atoms with Crippen molar-refractivity contribution in [1.29, 1.82) is 5.26 Å². The van der Waals surface area contributed by atoms with Crippen molar-refractivity contribution in [3.8, 4) is 6.07 Å². The van der Waals surface area contributed by atoms with E-state index >= 15 is 0 Å². The van der Waals surface area contributed by atoms with E-state index in [2.05, 4.69) is 5.43 Å². The van der Waals surface area contributed by atoms with Crippen LogP contribution in [-0.4, -0.2) is 12.3 Å². The van der Waals surface area contributed by atoms with Crippen molar-refractivity contribution in [2.24, 2.45) is 5.84 Å². The van der Waals surface area contributed by atoms with E-state index in [0.717, 1.165) is 0 Å². The van der Waals surface area contributed by atoms with Gasteiger partial charge >= 0.3 is 0 Å². The summed E-state index contributed by atoms with van der Waals surface area (Å²) in [4.78, 5) is 11.2. The Hall–Kier alpha value is -1.70. The van der Waals surface area contributed by atoms with Crippen molar-refractivity contribution in [2.45, 2.75) is 0 Å².